The summed E-state index contributed by atoms with van der Waals surface area (Å²) in [7, 11) is 0. The minimum Gasteiger partial charge on any atom is -0.459 e. The van der Waals surface area contributed by atoms with Gasteiger partial charge in [0.25, 0.3) is 29.3 Å². The van der Waals surface area contributed by atoms with Crippen molar-refractivity contribution in [3.8, 4) is 0 Å². The van der Waals surface area contributed by atoms with E-state index in [-0.39, 0.29) is 33.5 Å². The lowest BCUT2D eigenvalue weighted by molar-refractivity contribution is -0.384. The number of amides is 6. The molecule has 17 nitrogen and oxygen atoms in total. The first-order valence-electron chi connectivity index (χ1n) is 15.0. The van der Waals surface area contributed by atoms with Crippen molar-refractivity contribution < 1.29 is 43.2 Å². The fourth-order valence-corrected chi connectivity index (χ4v) is 6.53. The highest BCUT2D eigenvalue weighted by atomic mass is 32.2. The van der Waals surface area contributed by atoms with Crippen LogP contribution in [-0.4, -0.2) is 84.9 Å². The van der Waals surface area contributed by atoms with Crippen LogP contribution < -0.4 is 10.1 Å². The van der Waals surface area contributed by atoms with E-state index in [1.807, 2.05) is 0 Å². The van der Waals surface area contributed by atoms with Crippen LogP contribution in [0, 0.1) is 10.1 Å². The number of benzene rings is 3. The molecule has 1 fully saturated rings. The predicted molar refractivity (Wildman–Crippen MR) is 177 cm³/mol. The number of hydrazone groups is 1. The molecule has 3 heterocycles. The summed E-state index contributed by atoms with van der Waals surface area (Å²) >= 11 is 0.667. The van der Waals surface area contributed by atoms with Gasteiger partial charge in [0.2, 0.25) is 11.8 Å². The van der Waals surface area contributed by atoms with Gasteiger partial charge in [-0.15, -0.1) is 0 Å². The first-order valence-corrected chi connectivity index (χ1v) is 15.9. The lowest BCUT2D eigenvalue weighted by atomic mass is 9.99. The Hall–Kier alpha value is -6.53. The third kappa shape index (κ3) is 6.35. The molecule has 0 radical (unpaired) electrons. The van der Waals surface area contributed by atoms with Gasteiger partial charge in [0.15, 0.2) is 6.04 Å². The van der Waals surface area contributed by atoms with Crippen LogP contribution >= 0.6 is 11.9 Å². The number of nitro groups is 1. The van der Waals surface area contributed by atoms with Crippen LogP contribution in [0.2, 0.25) is 0 Å². The van der Waals surface area contributed by atoms with Gasteiger partial charge in [-0.1, -0.05) is 30.8 Å². The Morgan fingerprint density at radius 1 is 0.922 bits per heavy atom. The van der Waals surface area contributed by atoms with Crippen molar-refractivity contribution in [2.24, 2.45) is 5.10 Å². The number of rotatable bonds is 12. The number of imide groups is 2. The topological polar surface area (TPSA) is 218 Å². The monoisotopic (exact) mass is 711 g/mol. The number of hydrogen-bond acceptors (Lipinski definition) is 13. The van der Waals surface area contributed by atoms with Crippen LogP contribution in [0.25, 0.3) is 0 Å². The summed E-state index contributed by atoms with van der Waals surface area (Å²) in [5.41, 5.74) is 0.443. The molecule has 6 amide bonds. The number of nitro benzene ring substituents is 1. The normalized spacial score (nSPS) is 18.5. The van der Waals surface area contributed by atoms with E-state index in [9.17, 15) is 43.7 Å². The minimum atomic E-state index is -1.68. The number of nitrogens with zero attached hydrogens (tertiary/aromatic N) is 5. The number of non-ortho nitro benzene ring substituents is 1. The second kappa shape index (κ2) is 13.8. The molecule has 0 saturated carbocycles. The third-order valence-corrected chi connectivity index (χ3v) is 9.02. The number of likely N-dealkylation sites (tertiary alicyclic amines) is 1. The van der Waals surface area contributed by atoms with E-state index in [1.165, 1.54) is 55.5 Å². The van der Waals surface area contributed by atoms with E-state index in [0.717, 1.165) is 16.1 Å². The fraction of sp³-hybridized carbons (Fsp3) is 0.152. The van der Waals surface area contributed by atoms with Gasteiger partial charge >= 0.3 is 5.97 Å². The highest BCUT2D eigenvalue weighted by Gasteiger charge is 2.55. The van der Waals surface area contributed by atoms with Crippen molar-refractivity contribution in [3.05, 3.63) is 123 Å². The molecule has 2 N–H and O–H groups in total. The van der Waals surface area contributed by atoms with Crippen molar-refractivity contribution in [1.29, 1.82) is 0 Å². The van der Waals surface area contributed by atoms with Crippen molar-refractivity contribution in [3.63, 3.8) is 0 Å². The lowest BCUT2D eigenvalue weighted by Crippen LogP contribution is -2.73. The molecule has 1 saturated heterocycles. The number of esters is 1. The van der Waals surface area contributed by atoms with Crippen molar-refractivity contribution in [2.75, 3.05) is 0 Å². The van der Waals surface area contributed by atoms with Crippen molar-refractivity contribution >= 4 is 65.3 Å². The smallest absolute Gasteiger partial charge is 0.333 e. The van der Waals surface area contributed by atoms with Gasteiger partial charge in [-0.2, -0.15) is 20.0 Å². The third-order valence-electron chi connectivity index (χ3n) is 7.99. The van der Waals surface area contributed by atoms with Crippen LogP contribution in [0.4, 0.5) is 5.69 Å². The van der Waals surface area contributed by atoms with E-state index >= 15 is 0 Å². The van der Waals surface area contributed by atoms with Crippen LogP contribution in [0.1, 0.15) is 53.9 Å². The molecule has 51 heavy (non-hydrogen) atoms. The molecule has 3 aromatic rings. The SMILES string of the molecule is C=C(/C=N/N1C(=O)c2ccccc2C1=O)[C@H](C(=O)OCc1ccc([N+](=O)[O-])cc1)N1C(=O)[C@@H](NC(C)=O)C1SNN1C(=O)c2ccccc2C1=O. The summed E-state index contributed by atoms with van der Waals surface area (Å²) in [4.78, 5) is 105. The molecule has 3 aromatic carbocycles. The van der Waals surface area contributed by atoms with Gasteiger partial charge in [0.05, 0.1) is 33.4 Å². The number of hydrogen-bond donors (Lipinski definition) is 2. The first kappa shape index (κ1) is 34.3. The molecule has 1 unspecified atom stereocenters. The molecule has 0 aliphatic carbocycles. The van der Waals surface area contributed by atoms with E-state index in [0.29, 0.717) is 22.5 Å². The summed E-state index contributed by atoms with van der Waals surface area (Å²) < 4.78 is 5.49. The van der Waals surface area contributed by atoms with Crippen LogP contribution in [-0.2, 0) is 25.7 Å². The number of hydrazine groups is 1. The van der Waals surface area contributed by atoms with Gasteiger partial charge in [0.1, 0.15) is 18.0 Å². The number of ether oxygens (including phenoxy) is 1. The molecule has 3 aliphatic heterocycles. The maximum absolute atomic E-state index is 13.8. The zero-order valence-electron chi connectivity index (χ0n) is 26.4. The Labute approximate surface area is 292 Å². The van der Waals surface area contributed by atoms with Crippen LogP contribution in [0.3, 0.4) is 0 Å². The highest BCUT2D eigenvalue weighted by molar-refractivity contribution is 7.98. The second-order valence-corrected chi connectivity index (χ2v) is 12.1. The number of β-lactam (4-membered cyclic amide) rings is 1. The predicted octanol–water partition coefficient (Wildman–Crippen LogP) is 1.97. The Balaban J connectivity index is 1.27. The quantitative estimate of drug-likeness (QED) is 0.0524. The zero-order chi connectivity index (χ0) is 36.6. The first-order chi connectivity index (χ1) is 24.4. The summed E-state index contributed by atoms with van der Waals surface area (Å²) in [5, 5.41) is 17.6. The number of nitrogens with one attached hydrogen (secondary N) is 2. The Morgan fingerprint density at radius 2 is 1.45 bits per heavy atom. The molecular weight excluding hydrogens is 686 g/mol. The molecule has 6 rings (SSSR count). The van der Waals surface area contributed by atoms with Gasteiger partial charge in [-0.3, -0.25) is 38.9 Å². The van der Waals surface area contributed by atoms with E-state index < -0.39 is 70.4 Å². The number of carbonyl (C=O) groups is 7. The average molecular weight is 712 g/mol. The lowest BCUT2D eigenvalue weighted by Gasteiger charge is -2.49. The van der Waals surface area contributed by atoms with Gasteiger partial charge in [0, 0.05) is 19.1 Å². The standard InChI is InChI=1S/C33H25N7O10S/c1-17(15-34-38-27(42)21-7-3-4-8-22(21)28(38)43)26(33(47)50-16-19-11-13-20(14-12-19)40(48)49)37-31(46)25(35-18(2)41)32(37)51-36-39-29(44)23-9-5-6-10-24(23)30(39)45/h3-15,25-26,32,36H,1,16H2,2H3,(H,35,41)/b34-15+/t25-,26-,32?/m1/s1. The molecule has 0 aromatic heterocycles. The molecule has 18 heteroatoms. The van der Waals surface area contributed by atoms with Crippen molar-refractivity contribution in [2.45, 2.75) is 31.0 Å². The Kier molecular flexibility index (Phi) is 9.27. The Morgan fingerprint density at radius 3 is 1.96 bits per heavy atom. The van der Waals surface area contributed by atoms with Gasteiger partial charge < -0.3 is 15.0 Å². The van der Waals surface area contributed by atoms with E-state index in [2.05, 4.69) is 21.8 Å². The average Bonchev–Trinajstić information content (AvgIpc) is 3.51. The summed E-state index contributed by atoms with van der Waals surface area (Å²) in [6.07, 6.45) is 0.942. The molecular formula is C33H25N7O10S. The van der Waals surface area contributed by atoms with E-state index in [1.54, 1.807) is 24.3 Å². The summed E-state index contributed by atoms with van der Waals surface area (Å²) in [6.45, 7) is 4.64. The largest absolute Gasteiger partial charge is 0.459 e. The molecule has 3 aliphatic rings. The highest BCUT2D eigenvalue weighted by Crippen LogP contribution is 2.35. The van der Waals surface area contributed by atoms with Gasteiger partial charge in [-0.25, -0.2) is 4.79 Å². The molecule has 3 atom stereocenters. The second-order valence-electron chi connectivity index (χ2n) is 11.2. The summed E-state index contributed by atoms with van der Waals surface area (Å²) in [5.74, 6) is -5.25. The Bertz CT molecular complexity index is 2020. The summed E-state index contributed by atoms with van der Waals surface area (Å²) in [6, 6.07) is 14.4. The van der Waals surface area contributed by atoms with Crippen molar-refractivity contribution in [1.82, 2.24) is 25.1 Å². The zero-order valence-corrected chi connectivity index (χ0v) is 27.2. The molecule has 0 bridgehead atoms. The van der Waals surface area contributed by atoms with Crippen LogP contribution in [0.5, 0.6) is 0 Å². The fourth-order valence-electron chi connectivity index (χ4n) is 5.49. The maximum atomic E-state index is 13.8. The van der Waals surface area contributed by atoms with E-state index in [4.69, 9.17) is 4.74 Å². The van der Waals surface area contributed by atoms with Gasteiger partial charge in [-0.05, 0) is 59.5 Å². The number of fused-ring (bicyclic) bond motifs is 2. The molecule has 258 valence electrons. The minimum absolute atomic E-state index is 0.107. The van der Waals surface area contributed by atoms with Crippen LogP contribution in [0.15, 0.2) is 90.0 Å². The number of carbonyl (C=O) groups excluding carboxylic acids is 7. The maximum Gasteiger partial charge on any atom is 0.333 e. The molecule has 0 spiro atoms.